The van der Waals surface area contributed by atoms with E-state index >= 15 is 0 Å². The van der Waals surface area contributed by atoms with Crippen LogP contribution in [0.2, 0.25) is 0 Å². The predicted molar refractivity (Wildman–Crippen MR) is 144 cm³/mol. The lowest BCUT2D eigenvalue weighted by atomic mass is 10.0. The van der Waals surface area contributed by atoms with Gasteiger partial charge in [-0.2, -0.15) is 5.10 Å². The van der Waals surface area contributed by atoms with Crippen molar-refractivity contribution in [3.05, 3.63) is 99.9 Å². The van der Waals surface area contributed by atoms with E-state index in [-0.39, 0.29) is 0 Å². The molecule has 1 aromatic heterocycles. The van der Waals surface area contributed by atoms with Gasteiger partial charge in [-0.15, -0.1) is 0 Å². The van der Waals surface area contributed by atoms with Crippen molar-refractivity contribution in [3.8, 4) is 0 Å². The quantitative estimate of drug-likeness (QED) is 0.498. The van der Waals surface area contributed by atoms with Crippen LogP contribution in [-0.2, 0) is 13.1 Å². The number of rotatable bonds is 6. The van der Waals surface area contributed by atoms with Crippen LogP contribution in [0.5, 0.6) is 0 Å². The molecular weight excluding hydrogens is 432 g/mol. The second-order valence-corrected chi connectivity index (χ2v) is 10.2. The molecule has 2 aromatic carbocycles. The van der Waals surface area contributed by atoms with Crippen LogP contribution in [0.4, 0.5) is 11.4 Å². The van der Waals surface area contributed by atoms with Gasteiger partial charge in [-0.25, -0.2) is 0 Å². The summed E-state index contributed by atoms with van der Waals surface area (Å²) in [6.45, 7) is 16.4. The van der Waals surface area contributed by atoms with Gasteiger partial charge in [-0.1, -0.05) is 35.4 Å². The first-order valence-corrected chi connectivity index (χ1v) is 12.3. The Bertz CT molecular complexity index is 1160. The lowest BCUT2D eigenvalue weighted by Crippen LogP contribution is -2.26. The molecule has 6 nitrogen and oxygen atoms in total. The van der Waals surface area contributed by atoms with Crippen LogP contribution in [0, 0.1) is 41.5 Å². The Hall–Kier alpha value is -3.67. The number of aromatic nitrogens is 2. The Morgan fingerprint density at radius 1 is 0.629 bits per heavy atom. The smallest absolute Gasteiger partial charge is 0.0946 e. The molecule has 182 valence electrons. The lowest BCUT2D eigenvalue weighted by molar-refractivity contribution is 0.394. The number of hydrogen-bond donors (Lipinski definition) is 1. The molecule has 1 N–H and O–H groups in total. The highest BCUT2D eigenvalue weighted by molar-refractivity contribution is 5.63. The number of nitrogens with one attached hydrogen (secondary N) is 1. The summed E-state index contributed by atoms with van der Waals surface area (Å²) < 4.78 is 0. The van der Waals surface area contributed by atoms with Gasteiger partial charge in [-0.05, 0) is 69.9 Å². The minimum Gasteiger partial charge on any atom is -0.352 e. The van der Waals surface area contributed by atoms with Gasteiger partial charge < -0.3 is 19.6 Å². The largest absolute Gasteiger partial charge is 0.352 e. The molecule has 6 heteroatoms. The Morgan fingerprint density at radius 3 is 1.57 bits per heavy atom. The van der Waals surface area contributed by atoms with Crippen LogP contribution in [0.15, 0.2) is 55.1 Å². The summed E-state index contributed by atoms with van der Waals surface area (Å²) in [6, 6.07) is 11.2. The van der Waals surface area contributed by atoms with E-state index in [1.54, 1.807) is 0 Å². The molecule has 0 aliphatic carbocycles. The summed E-state index contributed by atoms with van der Waals surface area (Å²) in [7, 11) is 0. The molecule has 0 fully saturated rings. The Balaban J connectivity index is 1.18. The van der Waals surface area contributed by atoms with E-state index in [0.29, 0.717) is 0 Å². The molecule has 0 saturated carbocycles. The number of H-pyrrole nitrogens is 1. The van der Waals surface area contributed by atoms with Crippen molar-refractivity contribution in [2.24, 2.45) is 0 Å². The summed E-state index contributed by atoms with van der Waals surface area (Å²) >= 11 is 0. The maximum Gasteiger partial charge on any atom is 0.0946 e. The number of aryl methyl sites for hydroxylation is 6. The van der Waals surface area contributed by atoms with Gasteiger partial charge in [0.15, 0.2) is 0 Å². The predicted octanol–water partition coefficient (Wildman–Crippen LogP) is 5.76. The van der Waals surface area contributed by atoms with Crippen LogP contribution >= 0.6 is 0 Å². The van der Waals surface area contributed by atoms with Gasteiger partial charge in [-0.3, -0.25) is 5.10 Å². The zero-order valence-electron chi connectivity index (χ0n) is 21.8. The van der Waals surface area contributed by atoms with Crippen molar-refractivity contribution in [1.82, 2.24) is 20.0 Å². The lowest BCUT2D eigenvalue weighted by Gasteiger charge is -2.24. The summed E-state index contributed by atoms with van der Waals surface area (Å²) in [6.07, 6.45) is 8.70. The average Bonchev–Trinajstić information content (AvgIpc) is 3.50. The van der Waals surface area contributed by atoms with E-state index in [1.165, 1.54) is 44.8 Å². The van der Waals surface area contributed by atoms with Crippen molar-refractivity contribution in [2.75, 3.05) is 23.1 Å². The topological polar surface area (TPSA) is 41.6 Å². The third-order valence-corrected chi connectivity index (χ3v) is 6.85. The maximum atomic E-state index is 4.60. The fourth-order valence-electron chi connectivity index (χ4n) is 5.67. The van der Waals surface area contributed by atoms with Crippen molar-refractivity contribution in [3.63, 3.8) is 0 Å². The van der Waals surface area contributed by atoms with E-state index < -0.39 is 0 Å². The SMILES string of the molecule is Cc1cc(C)c(N2C=CN(Cc3cc(CN4C=CN(c5c(C)cc(C)cc5C)C4)[nH]n3)C2)c(C)c1. The van der Waals surface area contributed by atoms with Crippen molar-refractivity contribution in [1.29, 1.82) is 0 Å². The monoisotopic (exact) mass is 468 g/mol. The van der Waals surface area contributed by atoms with Gasteiger partial charge >= 0.3 is 0 Å². The Morgan fingerprint density at radius 2 is 1.09 bits per heavy atom. The molecule has 0 radical (unpaired) electrons. The molecule has 0 atom stereocenters. The van der Waals surface area contributed by atoms with Gasteiger partial charge in [0, 0.05) is 36.2 Å². The molecule has 0 unspecified atom stereocenters. The van der Waals surface area contributed by atoms with Crippen LogP contribution in [-0.4, -0.2) is 33.3 Å². The molecule has 2 aliphatic rings. The first-order valence-electron chi connectivity index (χ1n) is 12.3. The molecular formula is C29H36N6. The molecule has 35 heavy (non-hydrogen) atoms. The van der Waals surface area contributed by atoms with Gasteiger partial charge in [0.1, 0.15) is 0 Å². The molecule has 2 aliphatic heterocycles. The number of benzene rings is 2. The average molecular weight is 469 g/mol. The van der Waals surface area contributed by atoms with Crippen LogP contribution in [0.25, 0.3) is 0 Å². The van der Waals surface area contributed by atoms with Gasteiger partial charge in [0.05, 0.1) is 37.8 Å². The molecule has 0 bridgehead atoms. The summed E-state index contributed by atoms with van der Waals surface area (Å²) in [5, 5.41) is 7.85. The van der Waals surface area contributed by atoms with E-state index in [9.17, 15) is 0 Å². The standard InChI is InChI=1S/C29H36N6/c1-20-11-22(3)28(23(4)12-20)34-9-7-32(18-34)16-26-15-27(31-30-26)17-33-8-10-35(19-33)29-24(5)13-21(2)14-25(29)6/h7-15H,16-19H2,1-6H3,(H,30,31). The minimum atomic E-state index is 0.789. The van der Waals surface area contributed by atoms with Crippen molar-refractivity contribution < 1.29 is 0 Å². The summed E-state index contributed by atoms with van der Waals surface area (Å²) in [4.78, 5) is 9.28. The fourth-order valence-corrected chi connectivity index (χ4v) is 5.67. The van der Waals surface area contributed by atoms with E-state index in [2.05, 4.69) is 126 Å². The van der Waals surface area contributed by atoms with Crippen LogP contribution in [0.1, 0.15) is 44.8 Å². The highest BCUT2D eigenvalue weighted by Gasteiger charge is 2.20. The van der Waals surface area contributed by atoms with Gasteiger partial charge in [0.2, 0.25) is 0 Å². The zero-order valence-corrected chi connectivity index (χ0v) is 21.8. The Kier molecular flexibility index (Phi) is 6.05. The van der Waals surface area contributed by atoms with E-state index in [1.807, 2.05) is 0 Å². The summed E-state index contributed by atoms with van der Waals surface area (Å²) in [5.41, 5.74) is 12.7. The maximum absolute atomic E-state index is 4.60. The number of anilines is 2. The van der Waals surface area contributed by atoms with E-state index in [0.717, 1.165) is 37.8 Å². The number of aromatic amines is 1. The number of nitrogens with zero attached hydrogens (tertiary/aromatic N) is 5. The molecule has 0 spiro atoms. The number of hydrogen-bond acceptors (Lipinski definition) is 5. The van der Waals surface area contributed by atoms with Crippen LogP contribution < -0.4 is 9.80 Å². The second kappa shape index (κ2) is 9.17. The molecule has 3 heterocycles. The Labute approximate surface area is 209 Å². The minimum absolute atomic E-state index is 0.789. The first kappa shape index (κ1) is 23.1. The molecule has 5 rings (SSSR count). The fraction of sp³-hybridized carbons (Fsp3) is 0.345. The third kappa shape index (κ3) is 4.78. The van der Waals surface area contributed by atoms with Crippen molar-refractivity contribution >= 4 is 11.4 Å². The van der Waals surface area contributed by atoms with Crippen LogP contribution in [0.3, 0.4) is 0 Å². The second-order valence-electron chi connectivity index (χ2n) is 10.2. The zero-order chi connectivity index (χ0) is 24.7. The molecule has 0 amide bonds. The third-order valence-electron chi connectivity index (χ3n) is 6.85. The highest BCUT2D eigenvalue weighted by atomic mass is 15.4. The van der Waals surface area contributed by atoms with Crippen molar-refractivity contribution in [2.45, 2.75) is 54.6 Å². The summed E-state index contributed by atoms with van der Waals surface area (Å²) in [5.74, 6) is 0. The highest BCUT2D eigenvalue weighted by Crippen LogP contribution is 2.30. The van der Waals surface area contributed by atoms with Gasteiger partial charge in [0.25, 0.3) is 0 Å². The molecule has 3 aromatic rings. The normalized spacial score (nSPS) is 15.3. The van der Waals surface area contributed by atoms with E-state index in [4.69, 9.17) is 0 Å². The first-order chi connectivity index (χ1) is 16.8. The molecule has 0 saturated heterocycles.